The highest BCUT2D eigenvalue weighted by molar-refractivity contribution is 7.91. The van der Waals surface area contributed by atoms with Gasteiger partial charge in [0.2, 0.25) is 9.84 Å². The second-order valence-electron chi connectivity index (χ2n) is 6.10. The summed E-state index contributed by atoms with van der Waals surface area (Å²) in [5.74, 6) is -0.555. The largest absolute Gasteiger partial charge is 0.497 e. The van der Waals surface area contributed by atoms with Gasteiger partial charge in [-0.15, -0.1) is 0 Å². The zero-order chi connectivity index (χ0) is 22.1. The Bertz CT molecular complexity index is 1280. The molecule has 0 amide bonds. The zero-order valence-corrected chi connectivity index (χ0v) is 17.5. The van der Waals surface area contributed by atoms with Crippen LogP contribution in [0, 0.1) is 11.3 Å². The molecule has 0 aliphatic rings. The highest BCUT2D eigenvalue weighted by Crippen LogP contribution is 2.31. The van der Waals surface area contributed by atoms with Crippen molar-refractivity contribution in [1.82, 2.24) is 4.57 Å². The molecule has 0 spiro atoms. The third-order valence-electron chi connectivity index (χ3n) is 4.36. The Morgan fingerprint density at radius 2 is 1.80 bits per heavy atom. The molecule has 2 N–H and O–H groups in total. The SMILES string of the molecule is COC(=O)c1c(N)c(C#N)cn1-c1cc(OC)cc(S(=O)(=O)c2ccc(Cl)cc2)c1. The van der Waals surface area contributed by atoms with Crippen LogP contribution in [0.3, 0.4) is 0 Å². The number of hydrogen-bond donors (Lipinski definition) is 1. The van der Waals surface area contributed by atoms with Gasteiger partial charge in [0.05, 0.1) is 40.9 Å². The molecule has 30 heavy (non-hydrogen) atoms. The molecule has 0 fully saturated rings. The molecule has 0 radical (unpaired) electrons. The number of sulfone groups is 1. The molecule has 0 saturated carbocycles. The summed E-state index contributed by atoms with van der Waals surface area (Å²) in [6.07, 6.45) is 1.33. The fourth-order valence-electron chi connectivity index (χ4n) is 2.84. The normalized spacial score (nSPS) is 11.0. The van der Waals surface area contributed by atoms with Crippen molar-refractivity contribution in [3.63, 3.8) is 0 Å². The van der Waals surface area contributed by atoms with Gasteiger partial charge in [-0.3, -0.25) is 0 Å². The molecule has 0 atom stereocenters. The molecule has 1 aromatic heterocycles. The monoisotopic (exact) mass is 445 g/mol. The van der Waals surface area contributed by atoms with Crippen LogP contribution in [0.2, 0.25) is 5.02 Å². The quantitative estimate of drug-likeness (QED) is 0.597. The number of nitrogens with two attached hydrogens (primary N) is 1. The first kappa shape index (κ1) is 21.2. The van der Waals surface area contributed by atoms with Crippen molar-refractivity contribution in [2.45, 2.75) is 9.79 Å². The van der Waals surface area contributed by atoms with Crippen LogP contribution in [0.15, 0.2) is 58.5 Å². The van der Waals surface area contributed by atoms with Gasteiger partial charge in [-0.1, -0.05) is 11.6 Å². The molecule has 2 aromatic carbocycles. The van der Waals surface area contributed by atoms with Gasteiger partial charge < -0.3 is 19.8 Å². The third kappa shape index (κ3) is 3.70. The van der Waals surface area contributed by atoms with E-state index in [-0.39, 0.29) is 38.2 Å². The average Bonchev–Trinajstić information content (AvgIpc) is 3.09. The summed E-state index contributed by atoms with van der Waals surface area (Å²) in [6, 6.07) is 11.8. The molecule has 0 bridgehead atoms. The first-order valence-corrected chi connectivity index (χ1v) is 10.3. The van der Waals surface area contributed by atoms with Crippen molar-refractivity contribution in [2.75, 3.05) is 20.0 Å². The highest BCUT2D eigenvalue weighted by Gasteiger charge is 2.24. The highest BCUT2D eigenvalue weighted by atomic mass is 35.5. The lowest BCUT2D eigenvalue weighted by Gasteiger charge is -2.13. The minimum atomic E-state index is -3.93. The average molecular weight is 446 g/mol. The summed E-state index contributed by atoms with van der Waals surface area (Å²) in [5.41, 5.74) is 6.04. The van der Waals surface area contributed by atoms with E-state index in [9.17, 15) is 18.5 Å². The van der Waals surface area contributed by atoms with E-state index in [4.69, 9.17) is 26.8 Å². The second-order valence-corrected chi connectivity index (χ2v) is 8.49. The second kappa shape index (κ2) is 8.10. The Balaban J connectivity index is 2.26. The molecular weight excluding hydrogens is 430 g/mol. The van der Waals surface area contributed by atoms with Gasteiger partial charge in [-0.25, -0.2) is 13.2 Å². The fraction of sp³-hybridized carbons (Fsp3) is 0.100. The van der Waals surface area contributed by atoms with Crippen LogP contribution < -0.4 is 10.5 Å². The minimum Gasteiger partial charge on any atom is -0.497 e. The van der Waals surface area contributed by atoms with E-state index in [1.807, 2.05) is 6.07 Å². The van der Waals surface area contributed by atoms with Crippen LogP contribution >= 0.6 is 11.6 Å². The van der Waals surface area contributed by atoms with Crippen molar-refractivity contribution in [2.24, 2.45) is 0 Å². The van der Waals surface area contributed by atoms with Gasteiger partial charge in [0.1, 0.15) is 11.8 Å². The van der Waals surface area contributed by atoms with Crippen LogP contribution in [0.4, 0.5) is 5.69 Å². The number of nitriles is 1. The standard InChI is InChI=1S/C20H16ClN3O5S/c1-28-15-7-14(24-11-12(10-22)18(23)19(24)20(25)29-2)8-17(9-15)30(26,27)16-5-3-13(21)4-6-16/h3-9,11H,23H2,1-2H3. The fourth-order valence-corrected chi connectivity index (χ4v) is 4.28. The van der Waals surface area contributed by atoms with Crippen LogP contribution in [-0.2, 0) is 14.6 Å². The first-order chi connectivity index (χ1) is 14.2. The van der Waals surface area contributed by atoms with Crippen LogP contribution in [-0.4, -0.2) is 33.2 Å². The molecular formula is C20H16ClN3O5S. The third-order valence-corrected chi connectivity index (χ3v) is 6.36. The number of carbonyl (C=O) groups excluding carboxylic acids is 1. The summed E-state index contributed by atoms with van der Waals surface area (Å²) in [7, 11) is -1.38. The van der Waals surface area contributed by atoms with Crippen molar-refractivity contribution >= 4 is 33.1 Å². The van der Waals surface area contributed by atoms with Crippen molar-refractivity contribution in [3.05, 3.63) is 64.9 Å². The summed E-state index contributed by atoms with van der Waals surface area (Å²) in [4.78, 5) is 12.2. The van der Waals surface area contributed by atoms with Crippen LogP contribution in [0.5, 0.6) is 5.75 Å². The number of benzene rings is 2. The minimum absolute atomic E-state index is 0.0315. The number of aromatic nitrogens is 1. The van der Waals surface area contributed by atoms with E-state index in [2.05, 4.69) is 0 Å². The number of nitrogens with zero attached hydrogens (tertiary/aromatic N) is 2. The maximum atomic E-state index is 13.1. The van der Waals surface area contributed by atoms with E-state index in [1.165, 1.54) is 67.4 Å². The molecule has 0 saturated heterocycles. The molecule has 3 aromatic rings. The zero-order valence-electron chi connectivity index (χ0n) is 15.9. The number of esters is 1. The van der Waals surface area contributed by atoms with E-state index in [0.29, 0.717) is 5.02 Å². The van der Waals surface area contributed by atoms with Crippen LogP contribution in [0.25, 0.3) is 5.69 Å². The van der Waals surface area contributed by atoms with E-state index < -0.39 is 15.8 Å². The Hall–Kier alpha value is -3.48. The van der Waals surface area contributed by atoms with E-state index in [0.717, 1.165) is 0 Å². The maximum absolute atomic E-state index is 13.1. The van der Waals surface area contributed by atoms with Gasteiger partial charge >= 0.3 is 5.97 Å². The van der Waals surface area contributed by atoms with Crippen molar-refractivity contribution in [1.29, 1.82) is 5.26 Å². The molecule has 1 heterocycles. The Morgan fingerprint density at radius 1 is 1.13 bits per heavy atom. The lowest BCUT2D eigenvalue weighted by molar-refractivity contribution is 0.0593. The molecule has 3 rings (SSSR count). The van der Waals surface area contributed by atoms with Gasteiger partial charge in [-0.05, 0) is 36.4 Å². The lowest BCUT2D eigenvalue weighted by atomic mass is 10.2. The van der Waals surface area contributed by atoms with Crippen molar-refractivity contribution < 1.29 is 22.7 Å². The van der Waals surface area contributed by atoms with Gasteiger partial charge in [-0.2, -0.15) is 5.26 Å². The summed E-state index contributed by atoms with van der Waals surface area (Å²) >= 11 is 5.85. The first-order valence-electron chi connectivity index (χ1n) is 8.42. The maximum Gasteiger partial charge on any atom is 0.357 e. The molecule has 8 nitrogen and oxygen atoms in total. The topological polar surface area (TPSA) is 124 Å². The van der Waals surface area contributed by atoms with Gasteiger partial charge in [0.25, 0.3) is 0 Å². The predicted molar refractivity (Wildman–Crippen MR) is 110 cm³/mol. The lowest BCUT2D eigenvalue weighted by Crippen LogP contribution is -2.12. The van der Waals surface area contributed by atoms with Crippen molar-refractivity contribution in [3.8, 4) is 17.5 Å². The van der Waals surface area contributed by atoms with Crippen LogP contribution in [0.1, 0.15) is 16.1 Å². The number of carbonyl (C=O) groups is 1. The number of hydrogen-bond acceptors (Lipinski definition) is 7. The summed E-state index contributed by atoms with van der Waals surface area (Å²) in [6.45, 7) is 0. The Kier molecular flexibility index (Phi) is 5.73. The van der Waals surface area contributed by atoms with E-state index >= 15 is 0 Å². The number of methoxy groups -OCH3 is 2. The predicted octanol–water partition coefficient (Wildman–Crippen LogP) is 3.21. The Labute approximate surface area is 177 Å². The molecule has 0 aliphatic carbocycles. The molecule has 0 unspecified atom stereocenters. The number of halogens is 1. The molecule has 154 valence electrons. The molecule has 0 aliphatic heterocycles. The summed E-state index contributed by atoms with van der Waals surface area (Å²) in [5, 5.41) is 9.68. The smallest absolute Gasteiger partial charge is 0.357 e. The number of rotatable bonds is 5. The number of nitrogen functional groups attached to an aromatic ring is 1. The summed E-state index contributed by atoms with van der Waals surface area (Å²) < 4.78 is 37.5. The Morgan fingerprint density at radius 3 is 2.37 bits per heavy atom. The van der Waals surface area contributed by atoms with Gasteiger partial charge in [0, 0.05) is 17.3 Å². The molecule has 10 heteroatoms. The number of ether oxygens (including phenoxy) is 2. The van der Waals surface area contributed by atoms with Gasteiger partial charge in [0.15, 0.2) is 5.69 Å². The van der Waals surface area contributed by atoms with E-state index in [1.54, 1.807) is 0 Å². The number of anilines is 1.